The number of esters is 1. The summed E-state index contributed by atoms with van der Waals surface area (Å²) in [5.74, 6) is -0.918. The van der Waals surface area contributed by atoms with E-state index in [2.05, 4.69) is 0 Å². The van der Waals surface area contributed by atoms with Crippen molar-refractivity contribution < 1.29 is 22.7 Å². The Balaban J connectivity index is 1.57. The predicted octanol–water partition coefficient (Wildman–Crippen LogP) is 3.28. The first kappa shape index (κ1) is 21.0. The number of hydrogen-bond acceptors (Lipinski definition) is 5. The molecule has 0 spiro atoms. The van der Waals surface area contributed by atoms with Crippen LogP contribution in [0, 0.1) is 12.8 Å². The van der Waals surface area contributed by atoms with Crippen LogP contribution in [0.25, 0.3) is 0 Å². The third-order valence-electron chi connectivity index (χ3n) is 4.94. The summed E-state index contributed by atoms with van der Waals surface area (Å²) >= 11 is 0. The van der Waals surface area contributed by atoms with Crippen molar-refractivity contribution in [2.75, 3.05) is 17.2 Å². The number of hydrogen-bond donors (Lipinski definition) is 0. The molecule has 3 rings (SSSR count). The van der Waals surface area contributed by atoms with Gasteiger partial charge in [0, 0.05) is 18.7 Å². The summed E-state index contributed by atoms with van der Waals surface area (Å²) in [5.41, 5.74) is 2.58. The molecule has 7 heteroatoms. The van der Waals surface area contributed by atoms with Crippen LogP contribution >= 0.6 is 0 Å². The third-order valence-corrected chi connectivity index (χ3v) is 6.88. The van der Waals surface area contributed by atoms with E-state index >= 15 is 0 Å². The van der Waals surface area contributed by atoms with Crippen LogP contribution in [-0.2, 0) is 30.8 Å². The maximum absolute atomic E-state index is 12.4. The van der Waals surface area contributed by atoms with E-state index in [-0.39, 0.29) is 29.6 Å². The summed E-state index contributed by atoms with van der Waals surface area (Å²) in [4.78, 5) is 26.6. The molecule has 1 aliphatic rings. The van der Waals surface area contributed by atoms with Crippen molar-refractivity contribution in [1.29, 1.82) is 0 Å². The van der Waals surface area contributed by atoms with E-state index in [0.717, 1.165) is 11.3 Å². The molecule has 1 aliphatic heterocycles. The number of carbonyl (C=O) groups excluding carboxylic acids is 2. The molecule has 0 bridgehead atoms. The number of aryl methyl sites for hydroxylation is 1. The van der Waals surface area contributed by atoms with Crippen LogP contribution in [0.5, 0.6) is 0 Å². The molecule has 154 valence electrons. The highest BCUT2D eigenvalue weighted by Gasteiger charge is 2.36. The molecule has 29 heavy (non-hydrogen) atoms. The molecule has 0 aromatic heterocycles. The van der Waals surface area contributed by atoms with Gasteiger partial charge in [-0.2, -0.15) is 0 Å². The fourth-order valence-electron chi connectivity index (χ4n) is 3.29. The second-order valence-electron chi connectivity index (χ2n) is 7.31. The van der Waals surface area contributed by atoms with Gasteiger partial charge in [-0.1, -0.05) is 36.8 Å². The first-order valence-electron chi connectivity index (χ1n) is 9.65. The monoisotopic (exact) mass is 415 g/mol. The molecular weight excluding hydrogens is 390 g/mol. The van der Waals surface area contributed by atoms with Gasteiger partial charge in [-0.25, -0.2) is 8.42 Å². The molecule has 0 aliphatic carbocycles. The van der Waals surface area contributed by atoms with Crippen LogP contribution in [0.15, 0.2) is 53.4 Å². The molecule has 0 N–H and O–H groups in total. The van der Waals surface area contributed by atoms with Crippen molar-refractivity contribution in [2.24, 2.45) is 5.92 Å². The molecule has 2 aromatic carbocycles. The molecular formula is C22H25NO5S. The second kappa shape index (κ2) is 8.78. The van der Waals surface area contributed by atoms with E-state index in [9.17, 15) is 18.0 Å². The van der Waals surface area contributed by atoms with Crippen LogP contribution in [0.1, 0.15) is 30.9 Å². The van der Waals surface area contributed by atoms with Crippen LogP contribution in [0.2, 0.25) is 0 Å². The van der Waals surface area contributed by atoms with Gasteiger partial charge in [0.05, 0.1) is 16.6 Å². The molecule has 1 saturated heterocycles. The minimum absolute atomic E-state index is 0.0438. The van der Waals surface area contributed by atoms with E-state index < -0.39 is 21.7 Å². The zero-order chi connectivity index (χ0) is 21.0. The van der Waals surface area contributed by atoms with Crippen molar-refractivity contribution in [2.45, 2.75) is 38.2 Å². The standard InChI is InChI=1S/C22H25NO5S/c1-3-12-29(26,27)20-10-6-17(7-11-20)15-28-22(25)18-13-21(24)23(14-18)19-8-4-16(2)5-9-19/h4-11,18H,3,12-15H2,1-2H3. The minimum Gasteiger partial charge on any atom is -0.461 e. The number of ether oxygens (including phenoxy) is 1. The Hall–Kier alpha value is -2.67. The predicted molar refractivity (Wildman–Crippen MR) is 110 cm³/mol. The lowest BCUT2D eigenvalue weighted by Crippen LogP contribution is -2.26. The summed E-state index contributed by atoms with van der Waals surface area (Å²) in [6.45, 7) is 4.14. The summed E-state index contributed by atoms with van der Waals surface area (Å²) < 4.78 is 29.5. The average molecular weight is 416 g/mol. The Bertz CT molecular complexity index is 981. The first-order chi connectivity index (χ1) is 13.8. The lowest BCUT2D eigenvalue weighted by atomic mass is 10.1. The van der Waals surface area contributed by atoms with Gasteiger partial charge in [0.1, 0.15) is 6.61 Å². The maximum Gasteiger partial charge on any atom is 0.311 e. The number of anilines is 1. The van der Waals surface area contributed by atoms with Crippen LogP contribution in [0.3, 0.4) is 0 Å². The fraction of sp³-hybridized carbons (Fsp3) is 0.364. The molecule has 1 fully saturated rings. The van der Waals surface area contributed by atoms with Gasteiger partial charge < -0.3 is 9.64 Å². The lowest BCUT2D eigenvalue weighted by molar-refractivity contribution is -0.149. The Kier molecular flexibility index (Phi) is 6.37. The minimum atomic E-state index is -3.26. The smallest absolute Gasteiger partial charge is 0.311 e. The Morgan fingerprint density at radius 3 is 2.38 bits per heavy atom. The van der Waals surface area contributed by atoms with Gasteiger partial charge in [0.15, 0.2) is 9.84 Å². The fourth-order valence-corrected chi connectivity index (χ4v) is 4.62. The molecule has 1 atom stereocenters. The van der Waals surface area contributed by atoms with Crippen molar-refractivity contribution in [1.82, 2.24) is 0 Å². The van der Waals surface area contributed by atoms with E-state index in [1.165, 1.54) is 12.1 Å². The zero-order valence-electron chi connectivity index (χ0n) is 16.6. The summed E-state index contributed by atoms with van der Waals surface area (Å²) in [7, 11) is -3.26. The van der Waals surface area contributed by atoms with Crippen LogP contribution < -0.4 is 4.90 Å². The number of nitrogens with zero attached hydrogens (tertiary/aromatic N) is 1. The van der Waals surface area contributed by atoms with Crippen molar-refractivity contribution in [3.63, 3.8) is 0 Å². The maximum atomic E-state index is 12.4. The number of amides is 1. The van der Waals surface area contributed by atoms with Gasteiger partial charge in [0.25, 0.3) is 0 Å². The second-order valence-corrected chi connectivity index (χ2v) is 9.42. The molecule has 1 heterocycles. The molecule has 6 nitrogen and oxygen atoms in total. The highest BCUT2D eigenvalue weighted by Crippen LogP contribution is 2.26. The zero-order valence-corrected chi connectivity index (χ0v) is 17.4. The highest BCUT2D eigenvalue weighted by atomic mass is 32.2. The van der Waals surface area contributed by atoms with Gasteiger partial charge >= 0.3 is 5.97 Å². The molecule has 2 aromatic rings. The summed E-state index contributed by atoms with van der Waals surface area (Å²) in [5, 5.41) is 0. The Morgan fingerprint density at radius 1 is 1.10 bits per heavy atom. The molecule has 0 radical (unpaired) electrons. The van der Waals surface area contributed by atoms with E-state index in [1.807, 2.05) is 38.1 Å². The van der Waals surface area contributed by atoms with Crippen LogP contribution in [-0.4, -0.2) is 32.6 Å². The first-order valence-corrected chi connectivity index (χ1v) is 11.3. The largest absolute Gasteiger partial charge is 0.461 e. The van der Waals surface area contributed by atoms with Gasteiger partial charge in [0.2, 0.25) is 5.91 Å². The van der Waals surface area contributed by atoms with E-state index in [4.69, 9.17) is 4.74 Å². The van der Waals surface area contributed by atoms with Crippen molar-refractivity contribution in [3.05, 3.63) is 59.7 Å². The van der Waals surface area contributed by atoms with E-state index in [0.29, 0.717) is 18.5 Å². The topological polar surface area (TPSA) is 80.8 Å². The number of carbonyl (C=O) groups is 2. The highest BCUT2D eigenvalue weighted by molar-refractivity contribution is 7.91. The van der Waals surface area contributed by atoms with Crippen molar-refractivity contribution >= 4 is 27.4 Å². The van der Waals surface area contributed by atoms with Gasteiger partial charge in [-0.15, -0.1) is 0 Å². The Morgan fingerprint density at radius 2 is 1.76 bits per heavy atom. The van der Waals surface area contributed by atoms with Crippen LogP contribution in [0.4, 0.5) is 5.69 Å². The summed E-state index contributed by atoms with van der Waals surface area (Å²) in [6, 6.07) is 14.0. The van der Waals surface area contributed by atoms with Crippen molar-refractivity contribution in [3.8, 4) is 0 Å². The lowest BCUT2D eigenvalue weighted by Gasteiger charge is -2.16. The Labute approximate surface area is 171 Å². The SMILES string of the molecule is CCCS(=O)(=O)c1ccc(COC(=O)C2CC(=O)N(c3ccc(C)cc3)C2)cc1. The number of sulfone groups is 1. The van der Waals surface area contributed by atoms with E-state index in [1.54, 1.807) is 17.0 Å². The summed E-state index contributed by atoms with van der Waals surface area (Å²) in [6.07, 6.45) is 0.683. The third kappa shape index (κ3) is 5.03. The molecule has 1 amide bonds. The molecule has 0 saturated carbocycles. The number of benzene rings is 2. The normalized spacial score (nSPS) is 16.8. The quantitative estimate of drug-likeness (QED) is 0.649. The average Bonchev–Trinajstić information content (AvgIpc) is 3.09. The number of rotatable bonds is 7. The van der Waals surface area contributed by atoms with Gasteiger partial charge in [-0.05, 0) is 43.2 Å². The molecule has 1 unspecified atom stereocenters. The van der Waals surface area contributed by atoms with Gasteiger partial charge in [-0.3, -0.25) is 9.59 Å².